The Morgan fingerprint density at radius 1 is 1.13 bits per heavy atom. The minimum atomic E-state index is -2.27. The van der Waals surface area contributed by atoms with Gasteiger partial charge in [-0.1, -0.05) is 12.1 Å². The van der Waals surface area contributed by atoms with Crippen molar-refractivity contribution in [2.75, 3.05) is 45.9 Å². The van der Waals surface area contributed by atoms with E-state index >= 15 is 0 Å². The SMILES string of the molecule is O=C(O)Cc1ccc(OCCN2CCN(CC(F)F)CC2)cc1. The average molecular weight is 328 g/mol. The van der Waals surface area contributed by atoms with E-state index in [2.05, 4.69) is 4.90 Å². The van der Waals surface area contributed by atoms with E-state index in [1.807, 2.05) is 0 Å². The molecule has 0 aromatic heterocycles. The molecule has 0 radical (unpaired) electrons. The Hall–Kier alpha value is -1.73. The Morgan fingerprint density at radius 2 is 1.74 bits per heavy atom. The van der Waals surface area contributed by atoms with Crippen LogP contribution >= 0.6 is 0 Å². The number of benzene rings is 1. The molecule has 1 aliphatic heterocycles. The summed E-state index contributed by atoms with van der Waals surface area (Å²) in [4.78, 5) is 14.6. The third-order valence-corrected chi connectivity index (χ3v) is 3.82. The molecule has 23 heavy (non-hydrogen) atoms. The first kappa shape index (κ1) is 17.6. The van der Waals surface area contributed by atoms with Crippen LogP contribution in [-0.2, 0) is 11.2 Å². The van der Waals surface area contributed by atoms with Crippen LogP contribution in [0.15, 0.2) is 24.3 Å². The van der Waals surface area contributed by atoms with Crippen LogP contribution in [0.2, 0.25) is 0 Å². The molecule has 0 spiro atoms. The van der Waals surface area contributed by atoms with Crippen molar-refractivity contribution in [2.45, 2.75) is 12.8 Å². The lowest BCUT2D eigenvalue weighted by molar-refractivity contribution is -0.136. The number of carbonyl (C=O) groups is 1. The second kappa shape index (κ2) is 8.79. The van der Waals surface area contributed by atoms with E-state index in [9.17, 15) is 13.6 Å². The van der Waals surface area contributed by atoms with Crippen molar-refractivity contribution in [3.05, 3.63) is 29.8 Å². The normalized spacial score (nSPS) is 16.7. The number of rotatable bonds is 8. The second-order valence-electron chi connectivity index (χ2n) is 5.60. The minimum absolute atomic E-state index is 0.00315. The molecule has 1 N–H and O–H groups in total. The quantitative estimate of drug-likeness (QED) is 0.785. The summed E-state index contributed by atoms with van der Waals surface area (Å²) < 4.78 is 30.2. The Labute approximate surface area is 134 Å². The van der Waals surface area contributed by atoms with Crippen LogP contribution in [0.25, 0.3) is 0 Å². The Kier molecular flexibility index (Phi) is 6.73. The van der Waals surface area contributed by atoms with Crippen molar-refractivity contribution in [1.82, 2.24) is 9.80 Å². The van der Waals surface area contributed by atoms with Crippen LogP contribution in [0.4, 0.5) is 8.78 Å². The van der Waals surface area contributed by atoms with Crippen molar-refractivity contribution in [1.29, 1.82) is 0 Å². The zero-order valence-electron chi connectivity index (χ0n) is 13.0. The summed E-state index contributed by atoms with van der Waals surface area (Å²) in [5.74, 6) is -0.153. The lowest BCUT2D eigenvalue weighted by Crippen LogP contribution is -2.48. The van der Waals surface area contributed by atoms with Gasteiger partial charge in [0.2, 0.25) is 0 Å². The number of nitrogens with zero attached hydrogens (tertiary/aromatic N) is 2. The highest BCUT2D eigenvalue weighted by atomic mass is 19.3. The average Bonchev–Trinajstić information content (AvgIpc) is 2.50. The summed E-state index contributed by atoms with van der Waals surface area (Å²) in [5, 5.41) is 8.71. The maximum Gasteiger partial charge on any atom is 0.307 e. The maximum absolute atomic E-state index is 12.3. The van der Waals surface area contributed by atoms with E-state index in [1.54, 1.807) is 29.2 Å². The zero-order valence-corrected chi connectivity index (χ0v) is 13.0. The highest BCUT2D eigenvalue weighted by molar-refractivity contribution is 5.70. The maximum atomic E-state index is 12.3. The van der Waals surface area contributed by atoms with E-state index < -0.39 is 12.4 Å². The number of halogens is 2. The number of carboxylic acids is 1. The van der Waals surface area contributed by atoms with Gasteiger partial charge in [0.05, 0.1) is 13.0 Å². The van der Waals surface area contributed by atoms with Gasteiger partial charge in [0, 0.05) is 32.7 Å². The zero-order chi connectivity index (χ0) is 16.7. The number of alkyl halides is 2. The van der Waals surface area contributed by atoms with Gasteiger partial charge in [-0.15, -0.1) is 0 Å². The van der Waals surface area contributed by atoms with Crippen molar-refractivity contribution < 1.29 is 23.4 Å². The van der Waals surface area contributed by atoms with Crippen molar-refractivity contribution >= 4 is 5.97 Å². The minimum Gasteiger partial charge on any atom is -0.492 e. The predicted octanol–water partition coefficient (Wildman–Crippen LogP) is 1.58. The van der Waals surface area contributed by atoms with Gasteiger partial charge in [-0.3, -0.25) is 14.6 Å². The molecular formula is C16H22F2N2O3. The number of aliphatic carboxylic acids is 1. The lowest BCUT2D eigenvalue weighted by atomic mass is 10.1. The molecule has 0 saturated carbocycles. The number of hydrogen-bond acceptors (Lipinski definition) is 4. The van der Waals surface area contributed by atoms with Crippen molar-refractivity contribution in [3.8, 4) is 5.75 Å². The standard InChI is InChI=1S/C16H22F2N2O3/c17-15(18)12-20-7-5-19(6-8-20)9-10-23-14-3-1-13(2-4-14)11-16(21)22/h1-4,15H,5-12H2,(H,21,22). The van der Waals surface area contributed by atoms with Crippen LogP contribution in [0.5, 0.6) is 5.75 Å². The molecule has 1 fully saturated rings. The van der Waals surface area contributed by atoms with Crippen LogP contribution in [-0.4, -0.2) is 73.2 Å². The molecule has 0 unspecified atom stereocenters. The first-order chi connectivity index (χ1) is 11.0. The Morgan fingerprint density at radius 3 is 2.30 bits per heavy atom. The number of ether oxygens (including phenoxy) is 1. The molecule has 0 amide bonds. The summed E-state index contributed by atoms with van der Waals surface area (Å²) in [6.07, 6.45) is -2.27. The van der Waals surface area contributed by atoms with Crippen LogP contribution in [0.1, 0.15) is 5.56 Å². The summed E-state index contributed by atoms with van der Waals surface area (Å²) in [6, 6.07) is 7.01. The van der Waals surface area contributed by atoms with E-state index in [4.69, 9.17) is 9.84 Å². The first-order valence-corrected chi connectivity index (χ1v) is 7.69. The van der Waals surface area contributed by atoms with Crippen LogP contribution < -0.4 is 4.74 Å². The number of piperazine rings is 1. The van der Waals surface area contributed by atoms with E-state index in [-0.39, 0.29) is 13.0 Å². The lowest BCUT2D eigenvalue weighted by Gasteiger charge is -2.34. The fraction of sp³-hybridized carbons (Fsp3) is 0.562. The highest BCUT2D eigenvalue weighted by Crippen LogP contribution is 2.13. The summed E-state index contributed by atoms with van der Waals surface area (Å²) in [5.41, 5.74) is 0.736. The smallest absolute Gasteiger partial charge is 0.307 e. The summed E-state index contributed by atoms with van der Waals surface area (Å²) >= 11 is 0. The van der Waals surface area contributed by atoms with Gasteiger partial charge < -0.3 is 9.84 Å². The molecule has 7 heteroatoms. The first-order valence-electron chi connectivity index (χ1n) is 7.69. The molecule has 5 nitrogen and oxygen atoms in total. The molecule has 0 atom stereocenters. The Balaban J connectivity index is 1.65. The molecular weight excluding hydrogens is 306 g/mol. The molecule has 128 valence electrons. The van der Waals surface area contributed by atoms with Gasteiger partial charge >= 0.3 is 5.97 Å². The third-order valence-electron chi connectivity index (χ3n) is 3.82. The molecule has 0 bridgehead atoms. The van der Waals surface area contributed by atoms with E-state index in [0.717, 1.165) is 25.2 Å². The third kappa shape index (κ3) is 6.50. The van der Waals surface area contributed by atoms with E-state index in [0.29, 0.717) is 25.4 Å². The van der Waals surface area contributed by atoms with Crippen LogP contribution in [0.3, 0.4) is 0 Å². The van der Waals surface area contributed by atoms with Crippen molar-refractivity contribution in [3.63, 3.8) is 0 Å². The molecule has 2 rings (SSSR count). The summed E-state index contributed by atoms with van der Waals surface area (Å²) in [6.45, 7) is 3.99. The fourth-order valence-corrected chi connectivity index (χ4v) is 2.56. The van der Waals surface area contributed by atoms with Gasteiger partial charge in [-0.25, -0.2) is 8.78 Å². The fourth-order valence-electron chi connectivity index (χ4n) is 2.56. The van der Waals surface area contributed by atoms with Gasteiger partial charge in [0.15, 0.2) is 0 Å². The molecule has 1 heterocycles. The number of hydrogen-bond donors (Lipinski definition) is 1. The predicted molar refractivity (Wildman–Crippen MR) is 82.2 cm³/mol. The summed E-state index contributed by atoms with van der Waals surface area (Å²) in [7, 11) is 0. The number of carboxylic acid groups (broad SMARTS) is 1. The Bertz CT molecular complexity index is 489. The van der Waals surface area contributed by atoms with Gasteiger partial charge in [-0.2, -0.15) is 0 Å². The van der Waals surface area contributed by atoms with Gasteiger partial charge in [-0.05, 0) is 17.7 Å². The molecule has 1 aromatic rings. The topological polar surface area (TPSA) is 53.0 Å². The second-order valence-corrected chi connectivity index (χ2v) is 5.60. The van der Waals surface area contributed by atoms with Gasteiger partial charge in [0.1, 0.15) is 12.4 Å². The largest absolute Gasteiger partial charge is 0.492 e. The molecule has 1 saturated heterocycles. The highest BCUT2D eigenvalue weighted by Gasteiger charge is 2.19. The van der Waals surface area contributed by atoms with Crippen molar-refractivity contribution in [2.24, 2.45) is 0 Å². The van der Waals surface area contributed by atoms with Gasteiger partial charge in [0.25, 0.3) is 6.43 Å². The monoisotopic (exact) mass is 328 g/mol. The van der Waals surface area contributed by atoms with Crippen LogP contribution in [0, 0.1) is 0 Å². The molecule has 1 aromatic carbocycles. The van der Waals surface area contributed by atoms with E-state index in [1.165, 1.54) is 0 Å². The molecule has 1 aliphatic rings. The molecule has 0 aliphatic carbocycles.